The van der Waals surface area contributed by atoms with E-state index in [9.17, 15) is 9.90 Å². The molecule has 1 aromatic carbocycles. The van der Waals surface area contributed by atoms with E-state index >= 15 is 0 Å². The molecule has 2 aromatic heterocycles. The summed E-state index contributed by atoms with van der Waals surface area (Å²) in [5, 5.41) is 10.3. The lowest BCUT2D eigenvalue weighted by atomic mass is 10.1. The quantitative estimate of drug-likeness (QED) is 0.743. The standard InChI is InChI=1S/C18H16N2O2/c1-3-12(2)17-16(11-21)15-5-4-10-19-18(15)20(17)13-6-8-14(22)9-7-13/h3-11,22H,1-2H3/b12-3-. The number of aromatic hydroxyl groups is 1. The summed E-state index contributed by atoms with van der Waals surface area (Å²) in [4.78, 5) is 16.1. The van der Waals surface area contributed by atoms with Crippen LogP contribution in [0.1, 0.15) is 29.9 Å². The summed E-state index contributed by atoms with van der Waals surface area (Å²) in [6, 6.07) is 10.6. The minimum Gasteiger partial charge on any atom is -0.508 e. The molecule has 1 N–H and O–H groups in total. The van der Waals surface area contributed by atoms with Crippen LogP contribution < -0.4 is 0 Å². The Balaban J connectivity index is 2.46. The molecule has 0 spiro atoms. The van der Waals surface area contributed by atoms with Crippen molar-refractivity contribution in [3.8, 4) is 11.4 Å². The number of aldehydes is 1. The predicted molar refractivity (Wildman–Crippen MR) is 87.4 cm³/mol. The number of rotatable bonds is 3. The number of fused-ring (bicyclic) bond motifs is 1. The smallest absolute Gasteiger partial charge is 0.152 e. The molecule has 0 aliphatic rings. The van der Waals surface area contributed by atoms with Crippen LogP contribution in [0.3, 0.4) is 0 Å². The lowest BCUT2D eigenvalue weighted by Gasteiger charge is -2.11. The molecule has 0 aliphatic carbocycles. The Hall–Kier alpha value is -2.88. The monoisotopic (exact) mass is 292 g/mol. The molecule has 0 amide bonds. The first-order valence-corrected chi connectivity index (χ1v) is 7.04. The fraction of sp³-hybridized carbons (Fsp3) is 0.111. The molecule has 22 heavy (non-hydrogen) atoms. The van der Waals surface area contributed by atoms with Crippen LogP contribution in [0.2, 0.25) is 0 Å². The number of phenols is 1. The second kappa shape index (κ2) is 5.48. The van der Waals surface area contributed by atoms with Gasteiger partial charge in [-0.15, -0.1) is 0 Å². The maximum Gasteiger partial charge on any atom is 0.152 e. The van der Waals surface area contributed by atoms with Gasteiger partial charge in [0.2, 0.25) is 0 Å². The molecule has 0 radical (unpaired) electrons. The van der Waals surface area contributed by atoms with Gasteiger partial charge < -0.3 is 5.11 Å². The van der Waals surface area contributed by atoms with Crippen LogP contribution in [0.5, 0.6) is 5.75 Å². The number of benzene rings is 1. The third kappa shape index (κ3) is 2.09. The number of aromatic nitrogens is 2. The summed E-state index contributed by atoms with van der Waals surface area (Å²) in [5.41, 5.74) is 4.04. The van der Waals surface area contributed by atoms with Crippen LogP contribution >= 0.6 is 0 Å². The van der Waals surface area contributed by atoms with E-state index in [4.69, 9.17) is 0 Å². The number of hydrogen-bond donors (Lipinski definition) is 1. The van der Waals surface area contributed by atoms with E-state index in [0.29, 0.717) is 5.56 Å². The molecule has 0 aliphatic heterocycles. The van der Waals surface area contributed by atoms with E-state index in [-0.39, 0.29) is 5.75 Å². The maximum absolute atomic E-state index is 11.7. The van der Waals surface area contributed by atoms with Gasteiger partial charge in [-0.1, -0.05) is 6.08 Å². The second-order valence-electron chi connectivity index (χ2n) is 5.08. The van der Waals surface area contributed by atoms with Crippen molar-refractivity contribution >= 4 is 22.9 Å². The third-order valence-corrected chi connectivity index (χ3v) is 3.80. The van der Waals surface area contributed by atoms with Crippen LogP contribution in [-0.2, 0) is 0 Å². The highest BCUT2D eigenvalue weighted by atomic mass is 16.3. The Kier molecular flexibility index (Phi) is 3.51. The first kappa shape index (κ1) is 14.1. The average molecular weight is 292 g/mol. The van der Waals surface area contributed by atoms with Crippen LogP contribution in [0.15, 0.2) is 48.7 Å². The topological polar surface area (TPSA) is 55.1 Å². The Morgan fingerprint density at radius 3 is 2.59 bits per heavy atom. The summed E-state index contributed by atoms with van der Waals surface area (Å²) < 4.78 is 1.95. The molecule has 0 saturated heterocycles. The molecule has 4 heteroatoms. The number of allylic oxidation sites excluding steroid dienone is 2. The summed E-state index contributed by atoms with van der Waals surface area (Å²) in [5.74, 6) is 0.202. The summed E-state index contributed by atoms with van der Waals surface area (Å²) in [7, 11) is 0. The maximum atomic E-state index is 11.7. The van der Waals surface area contributed by atoms with E-state index in [1.165, 1.54) is 0 Å². The van der Waals surface area contributed by atoms with Gasteiger partial charge in [0, 0.05) is 22.8 Å². The molecule has 4 nitrogen and oxygen atoms in total. The van der Waals surface area contributed by atoms with Gasteiger partial charge in [-0.3, -0.25) is 9.36 Å². The number of carbonyl (C=O) groups is 1. The van der Waals surface area contributed by atoms with E-state index < -0.39 is 0 Å². The molecule has 0 saturated carbocycles. The summed E-state index contributed by atoms with van der Waals surface area (Å²) in [6.07, 6.45) is 4.56. The van der Waals surface area contributed by atoms with E-state index in [1.54, 1.807) is 18.3 Å². The Bertz CT molecular complexity index is 874. The highest BCUT2D eigenvalue weighted by Crippen LogP contribution is 2.32. The SMILES string of the molecule is C/C=C(/C)c1c(C=O)c2cccnc2n1-c1ccc(O)cc1. The zero-order valence-corrected chi connectivity index (χ0v) is 12.4. The first-order chi connectivity index (χ1) is 10.7. The fourth-order valence-corrected chi connectivity index (χ4v) is 2.64. The molecule has 110 valence electrons. The highest BCUT2D eigenvalue weighted by Gasteiger charge is 2.19. The minimum atomic E-state index is 0.202. The number of pyridine rings is 1. The van der Waals surface area contributed by atoms with Gasteiger partial charge in [-0.2, -0.15) is 0 Å². The van der Waals surface area contributed by atoms with Crippen molar-refractivity contribution in [1.29, 1.82) is 0 Å². The molecule has 0 atom stereocenters. The minimum absolute atomic E-state index is 0.202. The Morgan fingerprint density at radius 1 is 1.23 bits per heavy atom. The van der Waals surface area contributed by atoms with Crippen molar-refractivity contribution in [1.82, 2.24) is 9.55 Å². The van der Waals surface area contributed by atoms with Crippen LogP contribution in [0.25, 0.3) is 22.3 Å². The number of nitrogens with zero attached hydrogens (tertiary/aromatic N) is 2. The molecule has 0 bridgehead atoms. The third-order valence-electron chi connectivity index (χ3n) is 3.80. The van der Waals surface area contributed by atoms with Crippen molar-refractivity contribution < 1.29 is 9.90 Å². The molecule has 0 fully saturated rings. The predicted octanol–water partition coefficient (Wildman–Crippen LogP) is 3.97. The zero-order valence-electron chi connectivity index (χ0n) is 12.4. The molecule has 2 heterocycles. The van der Waals surface area contributed by atoms with Gasteiger partial charge in [0.15, 0.2) is 6.29 Å². The lowest BCUT2D eigenvalue weighted by Crippen LogP contribution is -2.01. The van der Waals surface area contributed by atoms with E-state index in [2.05, 4.69) is 4.98 Å². The Morgan fingerprint density at radius 2 is 1.95 bits per heavy atom. The molecule has 0 unspecified atom stereocenters. The summed E-state index contributed by atoms with van der Waals surface area (Å²) in [6.45, 7) is 3.91. The fourth-order valence-electron chi connectivity index (χ4n) is 2.64. The van der Waals surface area contributed by atoms with Crippen LogP contribution in [-0.4, -0.2) is 20.9 Å². The van der Waals surface area contributed by atoms with Crippen LogP contribution in [0.4, 0.5) is 0 Å². The number of carbonyl (C=O) groups excluding carboxylic acids is 1. The second-order valence-corrected chi connectivity index (χ2v) is 5.08. The summed E-state index contributed by atoms with van der Waals surface area (Å²) >= 11 is 0. The van der Waals surface area contributed by atoms with Crippen LogP contribution in [0, 0.1) is 0 Å². The largest absolute Gasteiger partial charge is 0.508 e. The number of hydrogen-bond acceptors (Lipinski definition) is 3. The van der Waals surface area contributed by atoms with Crippen molar-refractivity contribution in [2.45, 2.75) is 13.8 Å². The molecular formula is C18H16N2O2. The molecular weight excluding hydrogens is 276 g/mol. The lowest BCUT2D eigenvalue weighted by molar-refractivity contribution is 0.112. The normalized spacial score (nSPS) is 11.8. The van der Waals surface area contributed by atoms with Crippen molar-refractivity contribution in [3.63, 3.8) is 0 Å². The van der Waals surface area contributed by atoms with Gasteiger partial charge in [0.25, 0.3) is 0 Å². The zero-order chi connectivity index (χ0) is 15.7. The van der Waals surface area contributed by atoms with E-state index in [1.807, 2.05) is 48.8 Å². The van der Waals surface area contributed by atoms with Crippen molar-refractivity contribution in [2.24, 2.45) is 0 Å². The molecule has 3 aromatic rings. The van der Waals surface area contributed by atoms with Gasteiger partial charge in [-0.25, -0.2) is 4.98 Å². The van der Waals surface area contributed by atoms with Gasteiger partial charge in [0.05, 0.1) is 5.69 Å². The molecule has 3 rings (SSSR count). The average Bonchev–Trinajstić information content (AvgIpc) is 2.89. The van der Waals surface area contributed by atoms with E-state index in [0.717, 1.165) is 34.3 Å². The van der Waals surface area contributed by atoms with Gasteiger partial charge in [0.1, 0.15) is 11.4 Å². The Labute approximate surface area is 128 Å². The first-order valence-electron chi connectivity index (χ1n) is 7.04. The number of phenolic OH excluding ortho intramolecular Hbond substituents is 1. The van der Waals surface area contributed by atoms with Gasteiger partial charge in [-0.05, 0) is 55.8 Å². The van der Waals surface area contributed by atoms with Gasteiger partial charge >= 0.3 is 0 Å². The highest BCUT2D eigenvalue weighted by molar-refractivity contribution is 6.02. The van der Waals surface area contributed by atoms with Crippen molar-refractivity contribution in [3.05, 3.63) is 59.9 Å². The van der Waals surface area contributed by atoms with Crippen molar-refractivity contribution in [2.75, 3.05) is 0 Å².